The molecule has 0 spiro atoms. The average Bonchev–Trinajstić information content (AvgIpc) is 2.91. The van der Waals surface area contributed by atoms with Gasteiger partial charge in [0.25, 0.3) is 0 Å². The normalized spacial score (nSPS) is 21.8. The van der Waals surface area contributed by atoms with Crippen LogP contribution in [0.3, 0.4) is 0 Å². The van der Waals surface area contributed by atoms with Crippen molar-refractivity contribution in [3.63, 3.8) is 0 Å². The zero-order valence-electron chi connectivity index (χ0n) is 9.76. The topological polar surface area (TPSA) is 32.3 Å². The molecule has 88 valence electrons. The van der Waals surface area contributed by atoms with E-state index in [0.29, 0.717) is 0 Å². The summed E-state index contributed by atoms with van der Waals surface area (Å²) in [5.74, 6) is 0. The largest absolute Gasteiger partial charge is 0.387 e. The fraction of sp³-hybridized carbons (Fsp3) is 0.333. The van der Waals surface area contributed by atoms with Crippen molar-refractivity contribution in [3.05, 3.63) is 48.0 Å². The Morgan fingerprint density at radius 2 is 1.94 bits per heavy atom. The van der Waals surface area contributed by atoms with Crippen molar-refractivity contribution < 1.29 is 5.11 Å². The molecule has 1 aliphatic rings. The Hall–Kier alpha value is -1.38. The molecule has 1 saturated heterocycles. The molecule has 0 bridgehead atoms. The zero-order chi connectivity index (χ0) is 11.7. The fourth-order valence-electron chi connectivity index (χ4n) is 2.61. The van der Waals surface area contributed by atoms with Crippen LogP contribution in [-0.2, 0) is 0 Å². The molecule has 1 unspecified atom stereocenters. The van der Waals surface area contributed by atoms with Crippen LogP contribution in [0.15, 0.2) is 42.5 Å². The lowest BCUT2D eigenvalue weighted by molar-refractivity contribution is 0.137. The molecule has 0 aliphatic carbocycles. The van der Waals surface area contributed by atoms with E-state index in [1.165, 1.54) is 10.8 Å². The van der Waals surface area contributed by atoms with Crippen LogP contribution >= 0.6 is 0 Å². The van der Waals surface area contributed by atoms with Crippen LogP contribution in [0, 0.1) is 0 Å². The summed E-state index contributed by atoms with van der Waals surface area (Å²) in [6.45, 7) is 1.02. The third-order valence-electron chi connectivity index (χ3n) is 3.59. The van der Waals surface area contributed by atoms with E-state index in [1.807, 2.05) is 18.2 Å². The maximum Gasteiger partial charge on any atom is 0.0943 e. The highest BCUT2D eigenvalue weighted by Crippen LogP contribution is 2.25. The molecule has 0 saturated carbocycles. The van der Waals surface area contributed by atoms with Gasteiger partial charge in [0.15, 0.2) is 0 Å². The van der Waals surface area contributed by atoms with Gasteiger partial charge in [-0.1, -0.05) is 36.4 Å². The Kier molecular flexibility index (Phi) is 2.83. The lowest BCUT2D eigenvalue weighted by Gasteiger charge is -2.19. The lowest BCUT2D eigenvalue weighted by Crippen LogP contribution is -2.28. The molecule has 1 aliphatic heterocycles. The molecule has 1 fully saturated rings. The highest BCUT2D eigenvalue weighted by Gasteiger charge is 2.23. The minimum atomic E-state index is -0.387. The molecule has 17 heavy (non-hydrogen) atoms. The summed E-state index contributed by atoms with van der Waals surface area (Å²) < 4.78 is 0. The van der Waals surface area contributed by atoms with Gasteiger partial charge in [-0.3, -0.25) is 0 Å². The van der Waals surface area contributed by atoms with E-state index in [0.717, 1.165) is 24.9 Å². The summed E-state index contributed by atoms with van der Waals surface area (Å²) in [6.07, 6.45) is 1.84. The minimum absolute atomic E-state index is 0.219. The predicted molar refractivity (Wildman–Crippen MR) is 69.9 cm³/mol. The number of benzene rings is 2. The SMILES string of the molecule is OC(c1ccc2ccccc2c1)[C@H]1CCCN1. The van der Waals surface area contributed by atoms with Crippen LogP contribution in [0.5, 0.6) is 0 Å². The number of rotatable bonds is 2. The number of nitrogens with one attached hydrogen (secondary N) is 1. The van der Waals surface area contributed by atoms with Crippen LogP contribution in [0.2, 0.25) is 0 Å². The van der Waals surface area contributed by atoms with Crippen molar-refractivity contribution in [1.29, 1.82) is 0 Å². The molecule has 0 radical (unpaired) electrons. The predicted octanol–water partition coefficient (Wildman–Crippen LogP) is 2.63. The van der Waals surface area contributed by atoms with Gasteiger partial charge in [0.2, 0.25) is 0 Å². The maximum atomic E-state index is 10.3. The van der Waals surface area contributed by atoms with Gasteiger partial charge in [0, 0.05) is 6.04 Å². The summed E-state index contributed by atoms with van der Waals surface area (Å²) in [6, 6.07) is 14.7. The summed E-state index contributed by atoms with van der Waals surface area (Å²) in [5.41, 5.74) is 1.02. The van der Waals surface area contributed by atoms with E-state index in [1.54, 1.807) is 0 Å². The van der Waals surface area contributed by atoms with Gasteiger partial charge in [0.05, 0.1) is 6.10 Å². The molecule has 2 aromatic carbocycles. The molecular formula is C15H17NO. The van der Waals surface area contributed by atoms with E-state index >= 15 is 0 Å². The van der Waals surface area contributed by atoms with E-state index in [2.05, 4.69) is 29.6 Å². The minimum Gasteiger partial charge on any atom is -0.387 e. The molecule has 0 amide bonds. The molecule has 2 heteroatoms. The highest BCUT2D eigenvalue weighted by atomic mass is 16.3. The summed E-state index contributed by atoms with van der Waals surface area (Å²) in [4.78, 5) is 0. The van der Waals surface area contributed by atoms with Gasteiger partial charge in [-0.25, -0.2) is 0 Å². The van der Waals surface area contributed by atoms with Crippen LogP contribution in [0.4, 0.5) is 0 Å². The average molecular weight is 227 g/mol. The Bertz CT molecular complexity index is 517. The summed E-state index contributed by atoms with van der Waals surface area (Å²) >= 11 is 0. The second-order valence-electron chi connectivity index (χ2n) is 4.75. The molecular weight excluding hydrogens is 210 g/mol. The Morgan fingerprint density at radius 3 is 2.71 bits per heavy atom. The van der Waals surface area contributed by atoms with Crippen LogP contribution < -0.4 is 5.32 Å². The van der Waals surface area contributed by atoms with Crippen molar-refractivity contribution in [2.24, 2.45) is 0 Å². The third-order valence-corrected chi connectivity index (χ3v) is 3.59. The van der Waals surface area contributed by atoms with Gasteiger partial charge >= 0.3 is 0 Å². The van der Waals surface area contributed by atoms with Gasteiger partial charge in [-0.15, -0.1) is 0 Å². The number of aliphatic hydroxyl groups is 1. The van der Waals surface area contributed by atoms with Crippen molar-refractivity contribution in [2.75, 3.05) is 6.54 Å². The molecule has 1 heterocycles. The zero-order valence-corrected chi connectivity index (χ0v) is 9.76. The first kappa shape index (κ1) is 10.8. The van der Waals surface area contributed by atoms with E-state index in [4.69, 9.17) is 0 Å². The van der Waals surface area contributed by atoms with Crippen molar-refractivity contribution in [2.45, 2.75) is 25.0 Å². The summed E-state index contributed by atoms with van der Waals surface area (Å²) in [7, 11) is 0. The second kappa shape index (κ2) is 4.47. The quantitative estimate of drug-likeness (QED) is 0.826. The Balaban J connectivity index is 1.94. The van der Waals surface area contributed by atoms with Crippen molar-refractivity contribution in [3.8, 4) is 0 Å². The first-order valence-corrected chi connectivity index (χ1v) is 6.25. The second-order valence-corrected chi connectivity index (χ2v) is 4.75. The van der Waals surface area contributed by atoms with Gasteiger partial charge in [-0.2, -0.15) is 0 Å². The van der Waals surface area contributed by atoms with Crippen molar-refractivity contribution in [1.82, 2.24) is 5.32 Å². The smallest absolute Gasteiger partial charge is 0.0943 e. The van der Waals surface area contributed by atoms with E-state index in [9.17, 15) is 5.11 Å². The van der Waals surface area contributed by atoms with Gasteiger partial charge < -0.3 is 10.4 Å². The van der Waals surface area contributed by atoms with Crippen LogP contribution in [-0.4, -0.2) is 17.7 Å². The van der Waals surface area contributed by atoms with Crippen molar-refractivity contribution >= 4 is 10.8 Å². The van der Waals surface area contributed by atoms with E-state index in [-0.39, 0.29) is 12.1 Å². The number of fused-ring (bicyclic) bond motifs is 1. The number of hydrogen-bond acceptors (Lipinski definition) is 2. The van der Waals surface area contributed by atoms with Crippen LogP contribution in [0.25, 0.3) is 10.8 Å². The number of hydrogen-bond donors (Lipinski definition) is 2. The molecule has 2 N–H and O–H groups in total. The molecule has 0 aromatic heterocycles. The number of aliphatic hydroxyl groups excluding tert-OH is 1. The highest BCUT2D eigenvalue weighted by molar-refractivity contribution is 5.83. The third kappa shape index (κ3) is 2.06. The molecule has 3 rings (SSSR count). The fourth-order valence-corrected chi connectivity index (χ4v) is 2.61. The maximum absolute atomic E-state index is 10.3. The standard InChI is InChI=1S/C15H17NO/c17-15(14-6-3-9-16-14)13-8-7-11-4-1-2-5-12(11)10-13/h1-2,4-5,7-8,10,14-17H,3,6,9H2/t14-,15?/m1/s1. The lowest BCUT2D eigenvalue weighted by atomic mass is 9.98. The first-order valence-electron chi connectivity index (χ1n) is 6.25. The molecule has 2 aromatic rings. The monoisotopic (exact) mass is 227 g/mol. The van der Waals surface area contributed by atoms with Gasteiger partial charge in [-0.05, 0) is 41.8 Å². The Morgan fingerprint density at radius 1 is 1.12 bits per heavy atom. The van der Waals surface area contributed by atoms with Crippen LogP contribution in [0.1, 0.15) is 24.5 Å². The molecule has 2 atom stereocenters. The van der Waals surface area contributed by atoms with E-state index < -0.39 is 0 Å². The van der Waals surface area contributed by atoms with Gasteiger partial charge in [0.1, 0.15) is 0 Å². The Labute approximate surface area is 101 Å². The first-order chi connectivity index (χ1) is 8.34. The summed E-state index contributed by atoms with van der Waals surface area (Å²) in [5, 5.41) is 16.1. The molecule has 2 nitrogen and oxygen atoms in total.